The fourth-order valence-electron chi connectivity index (χ4n) is 7.51. The Hall–Kier alpha value is -6.89. The maximum Gasteiger partial charge on any atom is 0.276 e. The van der Waals surface area contributed by atoms with Gasteiger partial charge in [-0.1, -0.05) is 13.8 Å². The largest absolute Gasteiger partial charge is 0.366 e. The van der Waals surface area contributed by atoms with Crippen molar-refractivity contribution in [2.45, 2.75) is 80.1 Å². The molecule has 6 aromatic rings. The number of primary amides is 2. The molecular weight excluding hydrogens is 757 g/mol. The number of nitrogens with one attached hydrogen (secondary N) is 2. The summed E-state index contributed by atoms with van der Waals surface area (Å²) in [6.45, 7) is 6.89. The molecule has 0 bridgehead atoms. The third-order valence-electron chi connectivity index (χ3n) is 10.4. The minimum Gasteiger partial charge on any atom is -0.366 e. The highest BCUT2D eigenvalue weighted by Gasteiger charge is 2.25. The summed E-state index contributed by atoms with van der Waals surface area (Å²) >= 11 is 0. The number of amides is 5. The van der Waals surface area contributed by atoms with Crippen LogP contribution in [0.15, 0.2) is 42.5 Å². The van der Waals surface area contributed by atoms with E-state index >= 15 is 0 Å². The molecule has 0 spiro atoms. The van der Waals surface area contributed by atoms with E-state index in [1.807, 2.05) is 20.8 Å². The number of imidazole rings is 2. The van der Waals surface area contributed by atoms with Crippen molar-refractivity contribution >= 4 is 63.5 Å². The molecule has 19 nitrogen and oxygen atoms in total. The van der Waals surface area contributed by atoms with E-state index in [1.54, 1.807) is 65.9 Å². The van der Waals surface area contributed by atoms with Gasteiger partial charge >= 0.3 is 0 Å². The average Bonchev–Trinajstić information content (AvgIpc) is 3.94. The first-order valence-corrected chi connectivity index (χ1v) is 19.2. The number of carbonyl (C=O) groups excluding carboxylic acids is 5. The predicted molar refractivity (Wildman–Crippen MR) is 222 cm³/mol. The molecule has 1 aliphatic heterocycles. The molecular formula is C40H50N14O5. The number of benzene rings is 2. The molecule has 1 aliphatic rings. The molecule has 8 N–H and O–H groups in total. The summed E-state index contributed by atoms with van der Waals surface area (Å²) in [6.07, 6.45) is 2.82. The van der Waals surface area contributed by atoms with E-state index in [0.717, 1.165) is 24.1 Å². The van der Waals surface area contributed by atoms with E-state index in [9.17, 15) is 24.0 Å². The van der Waals surface area contributed by atoms with Gasteiger partial charge in [-0.25, -0.2) is 9.97 Å². The highest BCUT2D eigenvalue weighted by molar-refractivity contribution is 6.05. The molecule has 5 amide bonds. The standard InChI is InChI=1S/C39H46N14O5.CH4/c1-4-52-33-26(23(3)48-52)8-6-5-7-13-53-31(18-22(2)47-53)36(57)45-38-43-27-19-24(34(41)55)9-11-29(27)50(38)16-14-49(32(54)21-40)15-17-51-30-12-10-25(35(42)56)20-28(30)44-39(51)46-37(33)58;/h9-12,18-20H,4-8,13-17,21,40H2,1-3H3,(H2,41,55)(H2,42,56)(H,43,45,57)(H,44,46,58);1H4. The lowest BCUT2D eigenvalue weighted by atomic mass is 10.0. The SMILES string of the molecule is C.CCn1nc(C)c2c1C(=O)Nc1nc3cc(C(N)=O)ccc3n1CCN(C(=O)CN)CCn1c(nc3cc(C(N)=O)ccc31)NC(=O)c1cc(C)nn1CCCCC2. The summed E-state index contributed by atoms with van der Waals surface area (Å²) in [7, 11) is 0. The zero-order valence-corrected chi connectivity index (χ0v) is 32.6. The van der Waals surface area contributed by atoms with Gasteiger partial charge < -0.3 is 31.2 Å². The third-order valence-corrected chi connectivity index (χ3v) is 10.4. The van der Waals surface area contributed by atoms with Gasteiger partial charge in [0.15, 0.2) is 0 Å². The van der Waals surface area contributed by atoms with E-state index in [4.69, 9.17) is 22.2 Å². The molecule has 0 atom stereocenters. The summed E-state index contributed by atoms with van der Waals surface area (Å²) < 4.78 is 6.88. The monoisotopic (exact) mass is 806 g/mol. The van der Waals surface area contributed by atoms with E-state index < -0.39 is 23.6 Å². The first kappa shape index (κ1) is 41.7. The number of nitrogens with zero attached hydrogens (tertiary/aromatic N) is 9. The minimum absolute atomic E-state index is 0. The van der Waals surface area contributed by atoms with Crippen LogP contribution >= 0.6 is 0 Å². The van der Waals surface area contributed by atoms with Crippen molar-refractivity contribution in [2.24, 2.45) is 17.2 Å². The quantitative estimate of drug-likeness (QED) is 0.174. The van der Waals surface area contributed by atoms with Crippen molar-refractivity contribution in [3.8, 4) is 0 Å². The Morgan fingerprint density at radius 1 is 0.746 bits per heavy atom. The van der Waals surface area contributed by atoms with Gasteiger partial charge in [0.1, 0.15) is 11.4 Å². The fourth-order valence-corrected chi connectivity index (χ4v) is 7.51. The number of aromatic nitrogens is 8. The Bertz CT molecular complexity index is 2600. The smallest absolute Gasteiger partial charge is 0.276 e. The van der Waals surface area contributed by atoms with Crippen LogP contribution in [0.25, 0.3) is 22.1 Å². The van der Waals surface area contributed by atoms with Crippen molar-refractivity contribution in [3.63, 3.8) is 0 Å². The zero-order valence-electron chi connectivity index (χ0n) is 32.6. The molecule has 310 valence electrons. The number of nitrogens with two attached hydrogens (primary N) is 3. The predicted octanol–water partition coefficient (Wildman–Crippen LogP) is 2.97. The van der Waals surface area contributed by atoms with E-state index in [1.165, 1.54) is 0 Å². The summed E-state index contributed by atoms with van der Waals surface area (Å²) in [4.78, 5) is 76.7. The fraction of sp³-hybridized carbons (Fsp3) is 0.375. The molecule has 0 saturated carbocycles. The van der Waals surface area contributed by atoms with Gasteiger partial charge in [0.05, 0.1) is 40.0 Å². The van der Waals surface area contributed by atoms with Crippen molar-refractivity contribution in [2.75, 3.05) is 30.3 Å². The van der Waals surface area contributed by atoms with Crippen molar-refractivity contribution in [3.05, 3.63) is 81.9 Å². The van der Waals surface area contributed by atoms with Crippen LogP contribution in [0.5, 0.6) is 0 Å². The molecule has 0 fully saturated rings. The number of anilines is 2. The van der Waals surface area contributed by atoms with Crippen LogP contribution in [0.3, 0.4) is 0 Å². The first-order valence-electron chi connectivity index (χ1n) is 19.2. The zero-order chi connectivity index (χ0) is 41.2. The molecule has 2 aromatic carbocycles. The Morgan fingerprint density at radius 2 is 1.32 bits per heavy atom. The molecule has 0 unspecified atom stereocenters. The topological polar surface area (TPSA) is 262 Å². The van der Waals surface area contributed by atoms with Gasteiger partial charge in [-0.3, -0.25) is 44.0 Å². The molecule has 7 rings (SSSR count). The highest BCUT2D eigenvalue weighted by atomic mass is 16.2. The van der Waals surface area contributed by atoms with Crippen LogP contribution in [0.2, 0.25) is 0 Å². The Balaban J connectivity index is 0.00000585. The molecule has 19 heteroatoms. The lowest BCUT2D eigenvalue weighted by Crippen LogP contribution is -2.40. The van der Waals surface area contributed by atoms with Gasteiger partial charge in [-0.05, 0) is 82.5 Å². The van der Waals surface area contributed by atoms with Crippen LogP contribution < -0.4 is 27.8 Å². The average molecular weight is 807 g/mol. The molecule has 4 aromatic heterocycles. The second-order valence-electron chi connectivity index (χ2n) is 14.2. The van der Waals surface area contributed by atoms with Crippen LogP contribution in [0, 0.1) is 13.8 Å². The van der Waals surface area contributed by atoms with Crippen molar-refractivity contribution < 1.29 is 24.0 Å². The van der Waals surface area contributed by atoms with Crippen LogP contribution in [-0.2, 0) is 37.4 Å². The summed E-state index contributed by atoms with van der Waals surface area (Å²) in [6, 6.07) is 11.4. The maximum absolute atomic E-state index is 14.2. The Morgan fingerprint density at radius 3 is 1.86 bits per heavy atom. The number of rotatable bonds is 4. The lowest BCUT2D eigenvalue weighted by molar-refractivity contribution is -0.130. The first-order chi connectivity index (χ1) is 27.9. The van der Waals surface area contributed by atoms with E-state index in [0.29, 0.717) is 65.1 Å². The Labute approximate surface area is 339 Å². The summed E-state index contributed by atoms with van der Waals surface area (Å²) in [5.41, 5.74) is 22.6. The second-order valence-corrected chi connectivity index (χ2v) is 14.2. The normalized spacial score (nSPS) is 14.5. The van der Waals surface area contributed by atoms with Crippen LogP contribution in [0.1, 0.15) is 92.3 Å². The van der Waals surface area contributed by atoms with Gasteiger partial charge in [0.2, 0.25) is 29.6 Å². The highest BCUT2D eigenvalue weighted by Crippen LogP contribution is 2.26. The maximum atomic E-state index is 14.2. The molecule has 0 radical (unpaired) electrons. The number of aryl methyl sites for hydroxylation is 4. The van der Waals surface area contributed by atoms with Gasteiger partial charge in [0.25, 0.3) is 11.8 Å². The summed E-state index contributed by atoms with van der Waals surface area (Å²) in [5.74, 6) is -2.03. The molecule has 0 aliphatic carbocycles. The summed E-state index contributed by atoms with van der Waals surface area (Å²) in [5, 5.41) is 15.2. The van der Waals surface area contributed by atoms with Crippen molar-refractivity contribution in [1.29, 1.82) is 0 Å². The molecule has 0 saturated heterocycles. The number of hydrogen-bond acceptors (Lipinski definition) is 10. The number of carbonyl (C=O) groups is 5. The van der Waals surface area contributed by atoms with Crippen LogP contribution in [0.4, 0.5) is 11.9 Å². The third kappa shape index (κ3) is 8.40. The number of hydrogen-bond donors (Lipinski definition) is 5. The van der Waals surface area contributed by atoms with Gasteiger partial charge in [-0.2, -0.15) is 10.2 Å². The molecule has 5 heterocycles. The van der Waals surface area contributed by atoms with Crippen LogP contribution in [-0.4, -0.2) is 92.7 Å². The lowest BCUT2D eigenvalue weighted by Gasteiger charge is -2.24. The van der Waals surface area contributed by atoms with E-state index in [-0.39, 0.29) is 69.1 Å². The minimum atomic E-state index is -0.628. The second kappa shape index (κ2) is 17.3. The Kier molecular flexibility index (Phi) is 12.2. The van der Waals surface area contributed by atoms with Gasteiger partial charge in [-0.15, -0.1) is 0 Å². The number of fused-ring (bicyclic) bond motifs is 8. The van der Waals surface area contributed by atoms with E-state index in [2.05, 4.69) is 25.8 Å². The van der Waals surface area contributed by atoms with Gasteiger partial charge in [0, 0.05) is 56.0 Å². The molecule has 59 heavy (non-hydrogen) atoms. The van der Waals surface area contributed by atoms with Crippen molar-refractivity contribution in [1.82, 2.24) is 43.6 Å².